The first-order valence-electron chi connectivity index (χ1n) is 4.06. The number of nitrogens with zero attached hydrogens (tertiary/aromatic N) is 2. The first-order valence-corrected chi connectivity index (χ1v) is 4.85. The quantitative estimate of drug-likeness (QED) is 0.860. The molecule has 1 aromatic heterocycles. The molecule has 12 heavy (non-hydrogen) atoms. The Kier molecular flexibility index (Phi) is 3.29. The Balaban J connectivity index is 2.79. The molecule has 0 saturated heterocycles. The normalized spacial score (nSPS) is 10.7. The van der Waals surface area contributed by atoms with Crippen molar-refractivity contribution in [2.24, 2.45) is 5.73 Å². The maximum absolute atomic E-state index is 5.42. The van der Waals surface area contributed by atoms with E-state index in [4.69, 9.17) is 5.73 Å². The summed E-state index contributed by atoms with van der Waals surface area (Å²) in [6.07, 6.45) is 0.981. The summed E-state index contributed by atoms with van der Waals surface area (Å²) < 4.78 is 3.10. The molecule has 0 aliphatic carbocycles. The van der Waals surface area contributed by atoms with E-state index in [0.29, 0.717) is 0 Å². The third kappa shape index (κ3) is 1.87. The molecule has 68 valence electrons. The molecule has 0 saturated carbocycles. The topological polar surface area (TPSA) is 43.8 Å². The van der Waals surface area contributed by atoms with Gasteiger partial charge in [0.25, 0.3) is 0 Å². The fourth-order valence-electron chi connectivity index (χ4n) is 1.13. The van der Waals surface area contributed by atoms with E-state index < -0.39 is 0 Å². The first-order chi connectivity index (χ1) is 5.66. The van der Waals surface area contributed by atoms with Crippen LogP contribution in [0.5, 0.6) is 0 Å². The van der Waals surface area contributed by atoms with Crippen LogP contribution in [0.3, 0.4) is 0 Å². The highest BCUT2D eigenvalue weighted by molar-refractivity contribution is 9.10. The molecule has 2 N–H and O–H groups in total. The van der Waals surface area contributed by atoms with E-state index in [2.05, 4.69) is 28.0 Å². The van der Waals surface area contributed by atoms with Gasteiger partial charge in [-0.25, -0.2) is 0 Å². The Labute approximate surface area is 81.1 Å². The zero-order chi connectivity index (χ0) is 9.14. The Morgan fingerprint density at radius 2 is 2.17 bits per heavy atom. The lowest BCUT2D eigenvalue weighted by Gasteiger charge is -2.01. The molecular formula is C8H14BrN3. The minimum absolute atomic E-state index is 0.718. The third-order valence-corrected chi connectivity index (χ3v) is 3.01. The van der Waals surface area contributed by atoms with E-state index in [0.717, 1.165) is 29.7 Å². The molecule has 0 spiro atoms. The lowest BCUT2D eigenvalue weighted by atomic mass is 10.4. The summed E-state index contributed by atoms with van der Waals surface area (Å²) in [6.45, 7) is 5.68. The van der Waals surface area contributed by atoms with E-state index in [1.807, 2.05) is 11.6 Å². The molecule has 0 amide bonds. The van der Waals surface area contributed by atoms with Crippen molar-refractivity contribution in [3.8, 4) is 0 Å². The molecule has 0 unspecified atom stereocenters. The molecule has 0 aromatic carbocycles. The fraction of sp³-hybridized carbons (Fsp3) is 0.625. The van der Waals surface area contributed by atoms with Crippen molar-refractivity contribution in [3.05, 3.63) is 15.9 Å². The van der Waals surface area contributed by atoms with Crippen molar-refractivity contribution in [3.63, 3.8) is 0 Å². The van der Waals surface area contributed by atoms with E-state index in [-0.39, 0.29) is 0 Å². The van der Waals surface area contributed by atoms with Crippen LogP contribution in [0.1, 0.15) is 17.8 Å². The molecule has 0 fully saturated rings. The van der Waals surface area contributed by atoms with Crippen LogP contribution in [-0.2, 0) is 6.54 Å². The molecule has 1 heterocycles. The van der Waals surface area contributed by atoms with Gasteiger partial charge in [0.1, 0.15) is 0 Å². The second kappa shape index (κ2) is 4.05. The largest absolute Gasteiger partial charge is 0.330 e. The fourth-order valence-corrected chi connectivity index (χ4v) is 1.42. The lowest BCUT2D eigenvalue weighted by Crippen LogP contribution is -2.08. The number of hydrogen-bond donors (Lipinski definition) is 1. The van der Waals surface area contributed by atoms with Crippen molar-refractivity contribution in [1.29, 1.82) is 0 Å². The van der Waals surface area contributed by atoms with Gasteiger partial charge in [-0.05, 0) is 42.7 Å². The monoisotopic (exact) mass is 231 g/mol. The van der Waals surface area contributed by atoms with Crippen LogP contribution < -0.4 is 5.73 Å². The average Bonchev–Trinajstić information content (AvgIpc) is 2.30. The van der Waals surface area contributed by atoms with Crippen molar-refractivity contribution in [2.75, 3.05) is 6.54 Å². The Hall–Kier alpha value is -0.350. The SMILES string of the molecule is Cc1nn(CCCN)c(C)c1Br. The van der Waals surface area contributed by atoms with Gasteiger partial charge in [-0.2, -0.15) is 5.10 Å². The van der Waals surface area contributed by atoms with Crippen molar-refractivity contribution < 1.29 is 0 Å². The van der Waals surface area contributed by atoms with Crippen LogP contribution in [0.4, 0.5) is 0 Å². The number of halogens is 1. The number of aromatic nitrogens is 2. The second-order valence-corrected chi connectivity index (χ2v) is 3.64. The second-order valence-electron chi connectivity index (χ2n) is 2.85. The smallest absolute Gasteiger partial charge is 0.0738 e. The van der Waals surface area contributed by atoms with Gasteiger partial charge in [0.05, 0.1) is 10.2 Å². The van der Waals surface area contributed by atoms with Crippen LogP contribution in [0, 0.1) is 13.8 Å². The summed E-state index contributed by atoms with van der Waals surface area (Å²) in [4.78, 5) is 0. The number of rotatable bonds is 3. The molecule has 4 heteroatoms. The van der Waals surface area contributed by atoms with Crippen molar-refractivity contribution >= 4 is 15.9 Å². The molecular weight excluding hydrogens is 218 g/mol. The minimum Gasteiger partial charge on any atom is -0.330 e. The summed E-state index contributed by atoms with van der Waals surface area (Å²) in [5, 5.41) is 4.36. The molecule has 3 nitrogen and oxygen atoms in total. The third-order valence-electron chi connectivity index (χ3n) is 1.87. The summed E-state index contributed by atoms with van der Waals surface area (Å²) in [6, 6.07) is 0. The van der Waals surface area contributed by atoms with Gasteiger partial charge in [0.15, 0.2) is 0 Å². The molecule has 0 atom stereocenters. The highest BCUT2D eigenvalue weighted by Crippen LogP contribution is 2.19. The number of hydrogen-bond acceptors (Lipinski definition) is 2. The summed E-state index contributed by atoms with van der Waals surface area (Å²) in [5.74, 6) is 0. The van der Waals surface area contributed by atoms with Gasteiger partial charge in [-0.1, -0.05) is 0 Å². The number of aryl methyl sites for hydroxylation is 2. The molecule has 1 rings (SSSR count). The van der Waals surface area contributed by atoms with Gasteiger partial charge in [-0.15, -0.1) is 0 Å². The molecule has 0 radical (unpaired) electrons. The maximum atomic E-state index is 5.42. The molecule has 0 aliphatic rings. The van der Waals surface area contributed by atoms with Gasteiger partial charge >= 0.3 is 0 Å². The van der Waals surface area contributed by atoms with E-state index in [1.54, 1.807) is 0 Å². The summed E-state index contributed by atoms with van der Waals surface area (Å²) >= 11 is 3.48. The van der Waals surface area contributed by atoms with Crippen LogP contribution in [-0.4, -0.2) is 16.3 Å². The average molecular weight is 232 g/mol. The number of nitrogens with two attached hydrogens (primary N) is 1. The lowest BCUT2D eigenvalue weighted by molar-refractivity contribution is 0.567. The van der Waals surface area contributed by atoms with E-state index in [1.165, 1.54) is 5.69 Å². The highest BCUT2D eigenvalue weighted by atomic mass is 79.9. The summed E-state index contributed by atoms with van der Waals surface area (Å²) in [7, 11) is 0. The Bertz CT molecular complexity index is 268. The standard InChI is InChI=1S/C8H14BrN3/c1-6-8(9)7(2)12(11-6)5-3-4-10/h3-5,10H2,1-2H3. The summed E-state index contributed by atoms with van der Waals surface area (Å²) in [5.41, 5.74) is 7.65. The predicted molar refractivity (Wildman–Crippen MR) is 53.1 cm³/mol. The molecule has 0 aliphatic heterocycles. The minimum atomic E-state index is 0.718. The van der Waals surface area contributed by atoms with Crippen molar-refractivity contribution in [1.82, 2.24) is 9.78 Å². The zero-order valence-electron chi connectivity index (χ0n) is 7.47. The van der Waals surface area contributed by atoms with Gasteiger partial charge < -0.3 is 5.73 Å². The van der Waals surface area contributed by atoms with Crippen molar-refractivity contribution in [2.45, 2.75) is 26.8 Å². The van der Waals surface area contributed by atoms with Crippen LogP contribution in [0.2, 0.25) is 0 Å². The van der Waals surface area contributed by atoms with E-state index >= 15 is 0 Å². The van der Waals surface area contributed by atoms with Crippen LogP contribution in [0.25, 0.3) is 0 Å². The Morgan fingerprint density at radius 3 is 2.58 bits per heavy atom. The zero-order valence-corrected chi connectivity index (χ0v) is 9.06. The van der Waals surface area contributed by atoms with Crippen LogP contribution >= 0.6 is 15.9 Å². The Morgan fingerprint density at radius 1 is 1.50 bits per heavy atom. The molecule has 1 aromatic rings. The first kappa shape index (κ1) is 9.74. The highest BCUT2D eigenvalue weighted by Gasteiger charge is 2.06. The maximum Gasteiger partial charge on any atom is 0.0738 e. The van der Waals surface area contributed by atoms with E-state index in [9.17, 15) is 0 Å². The van der Waals surface area contributed by atoms with Crippen LogP contribution in [0.15, 0.2) is 4.47 Å². The van der Waals surface area contributed by atoms with Gasteiger partial charge in [0.2, 0.25) is 0 Å². The van der Waals surface area contributed by atoms with Gasteiger partial charge in [0, 0.05) is 12.2 Å². The predicted octanol–water partition coefficient (Wildman–Crippen LogP) is 1.61. The molecule has 0 bridgehead atoms. The van der Waals surface area contributed by atoms with Gasteiger partial charge in [-0.3, -0.25) is 4.68 Å².